The Bertz CT molecular complexity index is 209. The molecule has 2 fully saturated rings. The summed E-state index contributed by atoms with van der Waals surface area (Å²) < 4.78 is 0. The Balaban J connectivity index is 1.83. The van der Waals surface area contributed by atoms with Gasteiger partial charge in [-0.05, 0) is 58.2 Å². The average molecular weight is 222 g/mol. The first kappa shape index (κ1) is 12.1. The summed E-state index contributed by atoms with van der Waals surface area (Å²) in [5, 5.41) is 3.68. The van der Waals surface area contributed by atoms with Gasteiger partial charge in [0.15, 0.2) is 0 Å². The van der Waals surface area contributed by atoms with Crippen molar-refractivity contribution in [2.45, 2.75) is 57.0 Å². The third-order valence-corrected chi connectivity index (χ3v) is 4.08. The molecule has 0 spiro atoms. The number of allylic oxidation sites excluding steroid dienone is 1. The van der Waals surface area contributed by atoms with E-state index in [9.17, 15) is 0 Å². The fraction of sp³-hybridized carbons (Fsp3) is 0.857. The molecule has 2 heteroatoms. The maximum Gasteiger partial charge on any atom is 0.0249 e. The Labute approximate surface area is 100 Å². The standard InChI is InChI=1S/C14H26N2/c1-2-3-5-11-16-12-6-4-9-14(16)13-8-7-10-15-13/h2,13-15H,1,3-12H2. The van der Waals surface area contributed by atoms with E-state index >= 15 is 0 Å². The summed E-state index contributed by atoms with van der Waals surface area (Å²) in [5.41, 5.74) is 0. The van der Waals surface area contributed by atoms with E-state index < -0.39 is 0 Å². The van der Waals surface area contributed by atoms with Crippen molar-refractivity contribution in [1.29, 1.82) is 0 Å². The summed E-state index contributed by atoms with van der Waals surface area (Å²) in [4.78, 5) is 2.73. The van der Waals surface area contributed by atoms with Crippen LogP contribution in [0.2, 0.25) is 0 Å². The molecule has 92 valence electrons. The third-order valence-electron chi connectivity index (χ3n) is 4.08. The highest BCUT2D eigenvalue weighted by Crippen LogP contribution is 2.24. The number of likely N-dealkylation sites (tertiary alicyclic amines) is 1. The number of piperidine rings is 1. The predicted octanol–water partition coefficient (Wildman–Crippen LogP) is 2.56. The van der Waals surface area contributed by atoms with Crippen molar-refractivity contribution in [2.75, 3.05) is 19.6 Å². The Kier molecular flexibility index (Phi) is 4.86. The first-order valence-corrected chi connectivity index (χ1v) is 7.00. The molecular formula is C14H26N2. The molecule has 2 nitrogen and oxygen atoms in total. The van der Waals surface area contributed by atoms with Gasteiger partial charge < -0.3 is 5.32 Å². The number of nitrogens with one attached hydrogen (secondary N) is 1. The molecule has 0 amide bonds. The Morgan fingerprint density at radius 3 is 2.94 bits per heavy atom. The summed E-state index contributed by atoms with van der Waals surface area (Å²) in [6.07, 6.45) is 11.5. The quantitative estimate of drug-likeness (QED) is 0.568. The fourth-order valence-corrected chi connectivity index (χ4v) is 3.23. The first-order valence-electron chi connectivity index (χ1n) is 7.00. The second-order valence-electron chi connectivity index (χ2n) is 5.23. The highest BCUT2D eigenvalue weighted by atomic mass is 15.2. The number of hydrogen-bond donors (Lipinski definition) is 1. The zero-order valence-corrected chi connectivity index (χ0v) is 10.5. The molecule has 2 aliphatic heterocycles. The molecule has 0 aromatic carbocycles. The van der Waals surface area contributed by atoms with Crippen molar-refractivity contribution < 1.29 is 0 Å². The second kappa shape index (κ2) is 6.41. The molecule has 1 N–H and O–H groups in total. The van der Waals surface area contributed by atoms with Gasteiger partial charge in [0.25, 0.3) is 0 Å². The lowest BCUT2D eigenvalue weighted by atomic mass is 9.94. The third kappa shape index (κ3) is 3.08. The van der Waals surface area contributed by atoms with E-state index in [-0.39, 0.29) is 0 Å². The van der Waals surface area contributed by atoms with E-state index in [1.165, 1.54) is 64.6 Å². The molecule has 2 saturated heterocycles. The van der Waals surface area contributed by atoms with Crippen molar-refractivity contribution in [3.05, 3.63) is 12.7 Å². The molecule has 2 unspecified atom stereocenters. The average Bonchev–Trinajstić information content (AvgIpc) is 2.83. The van der Waals surface area contributed by atoms with Crippen molar-refractivity contribution >= 4 is 0 Å². The van der Waals surface area contributed by atoms with Crippen LogP contribution in [0, 0.1) is 0 Å². The number of nitrogens with zero attached hydrogens (tertiary/aromatic N) is 1. The molecule has 0 aromatic heterocycles. The van der Waals surface area contributed by atoms with Crippen LogP contribution in [0.4, 0.5) is 0 Å². The Hall–Kier alpha value is -0.340. The monoisotopic (exact) mass is 222 g/mol. The van der Waals surface area contributed by atoms with Crippen LogP contribution in [-0.2, 0) is 0 Å². The van der Waals surface area contributed by atoms with E-state index in [1.54, 1.807) is 0 Å². The summed E-state index contributed by atoms with van der Waals surface area (Å²) in [5.74, 6) is 0. The van der Waals surface area contributed by atoms with Gasteiger partial charge in [0, 0.05) is 12.1 Å². The van der Waals surface area contributed by atoms with E-state index in [4.69, 9.17) is 0 Å². The summed E-state index contributed by atoms with van der Waals surface area (Å²) in [7, 11) is 0. The molecular weight excluding hydrogens is 196 g/mol. The zero-order chi connectivity index (χ0) is 11.2. The molecule has 2 heterocycles. The van der Waals surface area contributed by atoms with E-state index in [0.717, 1.165) is 12.1 Å². The van der Waals surface area contributed by atoms with Gasteiger partial charge >= 0.3 is 0 Å². The van der Waals surface area contributed by atoms with Gasteiger partial charge in [-0.2, -0.15) is 0 Å². The smallest absolute Gasteiger partial charge is 0.0249 e. The van der Waals surface area contributed by atoms with Crippen LogP contribution < -0.4 is 5.32 Å². The molecule has 2 rings (SSSR count). The van der Waals surface area contributed by atoms with Crippen LogP contribution in [-0.4, -0.2) is 36.6 Å². The molecule has 2 aliphatic rings. The lowest BCUT2D eigenvalue weighted by molar-refractivity contribution is 0.119. The molecule has 0 radical (unpaired) electrons. The van der Waals surface area contributed by atoms with Crippen LogP contribution in [0.5, 0.6) is 0 Å². The molecule has 0 aromatic rings. The molecule has 0 bridgehead atoms. The minimum Gasteiger partial charge on any atom is -0.312 e. The maximum atomic E-state index is 3.81. The number of unbranched alkanes of at least 4 members (excludes halogenated alkanes) is 1. The lowest BCUT2D eigenvalue weighted by Gasteiger charge is -2.39. The Morgan fingerprint density at radius 1 is 1.25 bits per heavy atom. The van der Waals surface area contributed by atoms with E-state index in [1.807, 2.05) is 6.08 Å². The van der Waals surface area contributed by atoms with Crippen molar-refractivity contribution in [3.8, 4) is 0 Å². The van der Waals surface area contributed by atoms with Gasteiger partial charge in [0.2, 0.25) is 0 Å². The number of rotatable bonds is 5. The van der Waals surface area contributed by atoms with Crippen LogP contribution in [0.3, 0.4) is 0 Å². The highest BCUT2D eigenvalue weighted by molar-refractivity contribution is 4.90. The topological polar surface area (TPSA) is 15.3 Å². The van der Waals surface area contributed by atoms with Gasteiger partial charge in [-0.1, -0.05) is 12.5 Å². The van der Waals surface area contributed by atoms with Gasteiger partial charge in [0.05, 0.1) is 0 Å². The van der Waals surface area contributed by atoms with Crippen LogP contribution >= 0.6 is 0 Å². The van der Waals surface area contributed by atoms with Crippen molar-refractivity contribution in [2.24, 2.45) is 0 Å². The maximum absolute atomic E-state index is 3.81. The second-order valence-corrected chi connectivity index (χ2v) is 5.23. The van der Waals surface area contributed by atoms with Crippen LogP contribution in [0.1, 0.15) is 44.9 Å². The van der Waals surface area contributed by atoms with Crippen molar-refractivity contribution in [3.63, 3.8) is 0 Å². The van der Waals surface area contributed by atoms with Gasteiger partial charge in [-0.25, -0.2) is 0 Å². The molecule has 0 aliphatic carbocycles. The molecule has 2 atom stereocenters. The SMILES string of the molecule is C=CCCCN1CCCCC1C1CCCN1. The predicted molar refractivity (Wildman–Crippen MR) is 69.7 cm³/mol. The van der Waals surface area contributed by atoms with Gasteiger partial charge in [0.1, 0.15) is 0 Å². The van der Waals surface area contributed by atoms with E-state index in [2.05, 4.69) is 16.8 Å². The summed E-state index contributed by atoms with van der Waals surface area (Å²) in [6, 6.07) is 1.60. The lowest BCUT2D eigenvalue weighted by Crippen LogP contribution is -2.50. The number of hydrogen-bond acceptors (Lipinski definition) is 2. The van der Waals surface area contributed by atoms with E-state index in [0.29, 0.717) is 0 Å². The van der Waals surface area contributed by atoms with Crippen LogP contribution in [0.15, 0.2) is 12.7 Å². The largest absolute Gasteiger partial charge is 0.312 e. The normalized spacial score (nSPS) is 31.8. The molecule has 0 saturated carbocycles. The zero-order valence-electron chi connectivity index (χ0n) is 10.5. The van der Waals surface area contributed by atoms with Gasteiger partial charge in [-0.15, -0.1) is 6.58 Å². The Morgan fingerprint density at radius 2 is 2.19 bits per heavy atom. The fourth-order valence-electron chi connectivity index (χ4n) is 3.23. The summed E-state index contributed by atoms with van der Waals surface area (Å²) in [6.45, 7) is 7.64. The highest BCUT2D eigenvalue weighted by Gasteiger charge is 2.30. The first-order chi connectivity index (χ1) is 7.92. The minimum absolute atomic E-state index is 0.782. The summed E-state index contributed by atoms with van der Waals surface area (Å²) >= 11 is 0. The molecule has 16 heavy (non-hydrogen) atoms. The van der Waals surface area contributed by atoms with Crippen LogP contribution in [0.25, 0.3) is 0 Å². The van der Waals surface area contributed by atoms with Crippen molar-refractivity contribution in [1.82, 2.24) is 10.2 Å². The van der Waals surface area contributed by atoms with Gasteiger partial charge in [-0.3, -0.25) is 4.90 Å². The minimum atomic E-state index is 0.782.